The first kappa shape index (κ1) is 13.1. The zero-order valence-corrected chi connectivity index (χ0v) is 11.6. The lowest BCUT2D eigenvalue weighted by atomic mass is 10.0. The summed E-state index contributed by atoms with van der Waals surface area (Å²) in [6.45, 7) is 0.812. The minimum Gasteiger partial charge on any atom is -0.384 e. The van der Waals surface area contributed by atoms with E-state index >= 15 is 0 Å². The molecule has 102 valence electrons. The highest BCUT2D eigenvalue weighted by Crippen LogP contribution is 2.26. The van der Waals surface area contributed by atoms with Crippen molar-refractivity contribution in [3.8, 4) is 6.07 Å². The minimum absolute atomic E-state index is 0.709. The van der Waals surface area contributed by atoms with Gasteiger partial charge >= 0.3 is 0 Å². The van der Waals surface area contributed by atoms with Gasteiger partial charge in [-0.05, 0) is 24.3 Å². The molecule has 0 amide bonds. The van der Waals surface area contributed by atoms with Crippen LogP contribution in [0.25, 0.3) is 10.8 Å². The van der Waals surface area contributed by atoms with E-state index in [0.717, 1.165) is 35.1 Å². The molecule has 1 aromatic heterocycles. The Bertz CT molecular complexity index is 788. The Morgan fingerprint density at radius 3 is 2.52 bits per heavy atom. The number of aromatic nitrogens is 1. The fourth-order valence-corrected chi connectivity index (χ4v) is 2.42. The highest BCUT2D eigenvalue weighted by atomic mass is 14.9. The maximum absolute atomic E-state index is 9.17. The molecule has 0 saturated heterocycles. The Kier molecular flexibility index (Phi) is 3.79. The molecule has 0 saturated carbocycles. The molecule has 3 heteroatoms. The fourth-order valence-electron chi connectivity index (χ4n) is 2.42. The predicted molar refractivity (Wildman–Crippen MR) is 85.1 cm³/mol. The molecule has 0 radical (unpaired) electrons. The number of pyridine rings is 1. The van der Waals surface area contributed by atoms with Crippen LogP contribution in [-0.4, -0.2) is 11.5 Å². The van der Waals surface area contributed by atoms with Gasteiger partial charge in [-0.1, -0.05) is 30.3 Å². The average Bonchev–Trinajstić information content (AvgIpc) is 2.56. The lowest BCUT2D eigenvalue weighted by Crippen LogP contribution is -2.06. The standard InChI is InChI=1S/C18H15N3/c19-13-14-8-9-18(17-7-2-1-6-16(14)17)21-12-10-15-5-3-4-11-20-15/h1-9,11,21H,10,12H2. The van der Waals surface area contributed by atoms with E-state index < -0.39 is 0 Å². The van der Waals surface area contributed by atoms with Crippen molar-refractivity contribution in [3.05, 3.63) is 72.1 Å². The highest BCUT2D eigenvalue weighted by Gasteiger charge is 2.04. The number of anilines is 1. The number of hydrogen-bond donors (Lipinski definition) is 1. The Morgan fingerprint density at radius 1 is 0.952 bits per heavy atom. The van der Waals surface area contributed by atoms with Crippen LogP contribution in [0.1, 0.15) is 11.3 Å². The van der Waals surface area contributed by atoms with Gasteiger partial charge in [-0.15, -0.1) is 0 Å². The van der Waals surface area contributed by atoms with Crippen molar-refractivity contribution in [2.24, 2.45) is 0 Å². The van der Waals surface area contributed by atoms with Crippen LogP contribution in [0.2, 0.25) is 0 Å². The van der Waals surface area contributed by atoms with Gasteiger partial charge in [0.05, 0.1) is 11.6 Å². The van der Waals surface area contributed by atoms with Gasteiger partial charge in [0.1, 0.15) is 0 Å². The topological polar surface area (TPSA) is 48.7 Å². The van der Waals surface area contributed by atoms with Gasteiger partial charge < -0.3 is 5.32 Å². The summed E-state index contributed by atoms with van der Waals surface area (Å²) in [4.78, 5) is 4.32. The van der Waals surface area contributed by atoms with Gasteiger partial charge in [0.25, 0.3) is 0 Å². The second-order valence-corrected chi connectivity index (χ2v) is 4.82. The van der Waals surface area contributed by atoms with Gasteiger partial charge in [0.2, 0.25) is 0 Å². The molecular weight excluding hydrogens is 258 g/mol. The van der Waals surface area contributed by atoms with Crippen molar-refractivity contribution in [3.63, 3.8) is 0 Å². The largest absolute Gasteiger partial charge is 0.384 e. The molecule has 0 aliphatic rings. The molecule has 21 heavy (non-hydrogen) atoms. The van der Waals surface area contributed by atoms with E-state index in [1.165, 1.54) is 0 Å². The maximum atomic E-state index is 9.17. The van der Waals surface area contributed by atoms with Crippen LogP contribution in [0.3, 0.4) is 0 Å². The highest BCUT2D eigenvalue weighted by molar-refractivity contribution is 5.97. The van der Waals surface area contributed by atoms with Crippen molar-refractivity contribution < 1.29 is 0 Å². The van der Waals surface area contributed by atoms with Gasteiger partial charge in [-0.2, -0.15) is 5.26 Å². The molecule has 1 N–H and O–H groups in total. The van der Waals surface area contributed by atoms with Crippen LogP contribution in [-0.2, 0) is 6.42 Å². The molecule has 0 atom stereocenters. The molecule has 0 spiro atoms. The number of nitrogens with zero attached hydrogens (tertiary/aromatic N) is 2. The van der Waals surface area contributed by atoms with Gasteiger partial charge in [0, 0.05) is 41.3 Å². The second-order valence-electron chi connectivity index (χ2n) is 4.82. The Balaban J connectivity index is 1.80. The smallest absolute Gasteiger partial charge is 0.0998 e. The third-order valence-electron chi connectivity index (χ3n) is 3.47. The zero-order chi connectivity index (χ0) is 14.5. The lowest BCUT2D eigenvalue weighted by Gasteiger charge is -2.10. The molecule has 1 heterocycles. The van der Waals surface area contributed by atoms with E-state index in [-0.39, 0.29) is 0 Å². The molecule has 2 aromatic carbocycles. The molecule has 3 nitrogen and oxygen atoms in total. The van der Waals surface area contributed by atoms with Crippen molar-refractivity contribution >= 4 is 16.5 Å². The molecule has 0 unspecified atom stereocenters. The first-order valence-electron chi connectivity index (χ1n) is 6.94. The average molecular weight is 273 g/mol. The molecule has 3 rings (SSSR count). The monoisotopic (exact) mass is 273 g/mol. The number of nitriles is 1. The predicted octanol–water partition coefficient (Wildman–Crippen LogP) is 3.76. The fraction of sp³-hybridized carbons (Fsp3) is 0.111. The van der Waals surface area contributed by atoms with E-state index in [4.69, 9.17) is 0 Å². The quantitative estimate of drug-likeness (QED) is 0.787. The van der Waals surface area contributed by atoms with Gasteiger partial charge in [-0.25, -0.2) is 0 Å². The summed E-state index contributed by atoms with van der Waals surface area (Å²) in [5.41, 5.74) is 2.84. The summed E-state index contributed by atoms with van der Waals surface area (Å²) in [6.07, 6.45) is 2.68. The summed E-state index contributed by atoms with van der Waals surface area (Å²) in [5, 5.41) is 14.7. The van der Waals surface area contributed by atoms with Crippen molar-refractivity contribution in [1.29, 1.82) is 5.26 Å². The van der Waals surface area contributed by atoms with Crippen LogP contribution in [0, 0.1) is 11.3 Å². The summed E-state index contributed by atoms with van der Waals surface area (Å²) in [7, 11) is 0. The van der Waals surface area contributed by atoms with E-state index in [1.807, 2.05) is 60.8 Å². The number of rotatable bonds is 4. The minimum atomic E-state index is 0.709. The Hall–Kier alpha value is -2.86. The van der Waals surface area contributed by atoms with Gasteiger partial charge in [-0.3, -0.25) is 4.98 Å². The first-order chi connectivity index (χ1) is 10.4. The van der Waals surface area contributed by atoms with Crippen LogP contribution in [0.5, 0.6) is 0 Å². The van der Waals surface area contributed by atoms with Crippen LogP contribution >= 0.6 is 0 Å². The first-order valence-corrected chi connectivity index (χ1v) is 6.94. The van der Waals surface area contributed by atoms with E-state index in [0.29, 0.717) is 5.56 Å². The zero-order valence-electron chi connectivity index (χ0n) is 11.6. The summed E-state index contributed by atoms with van der Waals surface area (Å²) in [5.74, 6) is 0. The molecule has 0 aliphatic heterocycles. The summed E-state index contributed by atoms with van der Waals surface area (Å²) >= 11 is 0. The van der Waals surface area contributed by atoms with Crippen molar-refractivity contribution in [2.45, 2.75) is 6.42 Å². The van der Waals surface area contributed by atoms with Crippen LogP contribution < -0.4 is 5.32 Å². The molecule has 3 aromatic rings. The van der Waals surface area contributed by atoms with Crippen molar-refractivity contribution in [2.75, 3.05) is 11.9 Å². The van der Waals surface area contributed by atoms with E-state index in [9.17, 15) is 5.26 Å². The van der Waals surface area contributed by atoms with E-state index in [1.54, 1.807) is 0 Å². The number of hydrogen-bond acceptors (Lipinski definition) is 3. The molecular formula is C18H15N3. The third kappa shape index (κ3) is 2.85. The van der Waals surface area contributed by atoms with Crippen molar-refractivity contribution in [1.82, 2.24) is 4.98 Å². The summed E-state index contributed by atoms with van der Waals surface area (Å²) in [6, 6.07) is 20.0. The Labute approximate surface area is 123 Å². The van der Waals surface area contributed by atoms with Gasteiger partial charge in [0.15, 0.2) is 0 Å². The summed E-state index contributed by atoms with van der Waals surface area (Å²) < 4.78 is 0. The Morgan fingerprint density at radius 2 is 1.76 bits per heavy atom. The number of benzene rings is 2. The number of nitrogens with one attached hydrogen (secondary N) is 1. The van der Waals surface area contributed by atoms with E-state index in [2.05, 4.69) is 16.4 Å². The molecule has 0 aliphatic carbocycles. The number of fused-ring (bicyclic) bond motifs is 1. The maximum Gasteiger partial charge on any atom is 0.0998 e. The normalized spacial score (nSPS) is 10.2. The molecule has 0 fully saturated rings. The van der Waals surface area contributed by atoms with Crippen LogP contribution in [0.4, 0.5) is 5.69 Å². The lowest BCUT2D eigenvalue weighted by molar-refractivity contribution is 0.963. The molecule has 0 bridgehead atoms. The third-order valence-corrected chi connectivity index (χ3v) is 3.47. The SMILES string of the molecule is N#Cc1ccc(NCCc2ccccn2)c2ccccc12. The van der Waals surface area contributed by atoms with Crippen LogP contribution in [0.15, 0.2) is 60.8 Å². The second kappa shape index (κ2) is 6.06.